The SMILES string of the molecule is Cc1ccc(Cl)cc1CNC(=O)c1ccc(S(=O)(=O)Nc2nccs2)cc1. The Morgan fingerprint density at radius 2 is 1.93 bits per heavy atom. The second kappa shape index (κ2) is 8.08. The average molecular weight is 422 g/mol. The third kappa shape index (κ3) is 4.85. The molecule has 0 atom stereocenters. The molecule has 0 bridgehead atoms. The molecule has 0 radical (unpaired) electrons. The van der Waals surface area contributed by atoms with E-state index in [1.807, 2.05) is 13.0 Å². The first-order chi connectivity index (χ1) is 12.8. The van der Waals surface area contributed by atoms with Crippen molar-refractivity contribution in [2.75, 3.05) is 4.72 Å². The van der Waals surface area contributed by atoms with E-state index in [1.54, 1.807) is 17.5 Å². The van der Waals surface area contributed by atoms with Crippen LogP contribution in [0.3, 0.4) is 0 Å². The molecule has 0 saturated carbocycles. The van der Waals surface area contributed by atoms with Crippen molar-refractivity contribution >= 4 is 44.0 Å². The van der Waals surface area contributed by atoms with Crippen molar-refractivity contribution in [2.24, 2.45) is 0 Å². The summed E-state index contributed by atoms with van der Waals surface area (Å²) in [5, 5.41) is 5.37. The van der Waals surface area contributed by atoms with Gasteiger partial charge in [0.25, 0.3) is 15.9 Å². The molecule has 1 aromatic heterocycles. The van der Waals surface area contributed by atoms with Crippen LogP contribution >= 0.6 is 22.9 Å². The van der Waals surface area contributed by atoms with Gasteiger partial charge in [0.15, 0.2) is 5.13 Å². The van der Waals surface area contributed by atoms with Gasteiger partial charge in [0.05, 0.1) is 4.90 Å². The van der Waals surface area contributed by atoms with Gasteiger partial charge in [-0.05, 0) is 54.4 Å². The highest BCUT2D eigenvalue weighted by Gasteiger charge is 2.16. The Hall–Kier alpha value is -2.42. The van der Waals surface area contributed by atoms with Gasteiger partial charge in [-0.15, -0.1) is 11.3 Å². The largest absolute Gasteiger partial charge is 0.348 e. The number of benzene rings is 2. The number of hydrogen-bond acceptors (Lipinski definition) is 5. The summed E-state index contributed by atoms with van der Waals surface area (Å²) in [5.41, 5.74) is 2.31. The van der Waals surface area contributed by atoms with Crippen LogP contribution < -0.4 is 10.0 Å². The number of nitrogens with zero attached hydrogens (tertiary/aromatic N) is 1. The summed E-state index contributed by atoms with van der Waals surface area (Å²) in [6.45, 7) is 2.27. The molecule has 0 aliphatic heterocycles. The second-order valence-electron chi connectivity index (χ2n) is 5.72. The van der Waals surface area contributed by atoms with Gasteiger partial charge in [0.1, 0.15) is 0 Å². The number of carbonyl (C=O) groups excluding carboxylic acids is 1. The van der Waals surface area contributed by atoms with Crippen LogP contribution in [0.4, 0.5) is 5.13 Å². The summed E-state index contributed by atoms with van der Waals surface area (Å²) in [5.74, 6) is -0.300. The van der Waals surface area contributed by atoms with Crippen LogP contribution in [0.25, 0.3) is 0 Å². The molecule has 0 spiro atoms. The Morgan fingerprint density at radius 3 is 2.59 bits per heavy atom. The van der Waals surface area contributed by atoms with E-state index in [1.165, 1.54) is 41.8 Å². The topological polar surface area (TPSA) is 88.2 Å². The highest BCUT2D eigenvalue weighted by Crippen LogP contribution is 2.19. The Balaban J connectivity index is 1.67. The molecule has 140 valence electrons. The van der Waals surface area contributed by atoms with E-state index in [9.17, 15) is 13.2 Å². The minimum Gasteiger partial charge on any atom is -0.348 e. The summed E-state index contributed by atoms with van der Waals surface area (Å²) >= 11 is 7.16. The lowest BCUT2D eigenvalue weighted by atomic mass is 10.1. The summed E-state index contributed by atoms with van der Waals surface area (Å²) in [7, 11) is -3.74. The zero-order chi connectivity index (χ0) is 19.4. The van der Waals surface area contributed by atoms with E-state index in [4.69, 9.17) is 11.6 Å². The molecule has 0 fully saturated rings. The van der Waals surface area contributed by atoms with Crippen LogP contribution in [0.2, 0.25) is 5.02 Å². The van der Waals surface area contributed by atoms with Crippen molar-refractivity contribution < 1.29 is 13.2 Å². The number of amides is 1. The Kier molecular flexibility index (Phi) is 5.79. The molecule has 0 unspecified atom stereocenters. The zero-order valence-electron chi connectivity index (χ0n) is 14.3. The molecule has 0 aliphatic carbocycles. The third-order valence-corrected chi connectivity index (χ3v) is 6.24. The number of carbonyl (C=O) groups is 1. The molecule has 27 heavy (non-hydrogen) atoms. The maximum Gasteiger partial charge on any atom is 0.263 e. The van der Waals surface area contributed by atoms with Crippen molar-refractivity contribution in [3.63, 3.8) is 0 Å². The number of nitrogens with one attached hydrogen (secondary N) is 2. The highest BCUT2D eigenvalue weighted by molar-refractivity contribution is 7.93. The van der Waals surface area contributed by atoms with Crippen LogP contribution in [-0.4, -0.2) is 19.3 Å². The number of hydrogen-bond donors (Lipinski definition) is 2. The molecule has 1 heterocycles. The van der Waals surface area contributed by atoms with Crippen molar-refractivity contribution in [2.45, 2.75) is 18.4 Å². The van der Waals surface area contributed by atoms with Crippen molar-refractivity contribution in [1.29, 1.82) is 0 Å². The molecule has 0 saturated heterocycles. The minimum atomic E-state index is -3.74. The first-order valence-corrected chi connectivity index (χ1v) is 10.6. The van der Waals surface area contributed by atoms with E-state index < -0.39 is 10.0 Å². The fourth-order valence-corrected chi connectivity index (χ4v) is 4.32. The van der Waals surface area contributed by atoms with E-state index in [0.717, 1.165) is 11.1 Å². The number of aromatic nitrogens is 1. The first-order valence-electron chi connectivity index (χ1n) is 7.91. The summed E-state index contributed by atoms with van der Waals surface area (Å²) in [6.07, 6.45) is 1.51. The monoisotopic (exact) mass is 421 g/mol. The lowest BCUT2D eigenvalue weighted by Crippen LogP contribution is -2.23. The molecule has 2 aromatic carbocycles. The number of sulfonamides is 1. The van der Waals surface area contributed by atoms with E-state index in [-0.39, 0.29) is 15.9 Å². The average Bonchev–Trinajstić information content (AvgIpc) is 3.14. The van der Waals surface area contributed by atoms with Crippen LogP contribution in [-0.2, 0) is 16.6 Å². The summed E-state index contributed by atoms with van der Waals surface area (Å²) < 4.78 is 27.0. The third-order valence-electron chi connectivity index (χ3n) is 3.83. The van der Waals surface area contributed by atoms with Gasteiger partial charge in [0.2, 0.25) is 0 Å². The number of halogens is 1. The Morgan fingerprint density at radius 1 is 1.19 bits per heavy atom. The molecule has 2 N–H and O–H groups in total. The van der Waals surface area contributed by atoms with E-state index >= 15 is 0 Å². The van der Waals surface area contributed by atoms with Crippen molar-refractivity contribution in [3.05, 3.63) is 75.8 Å². The molecule has 1 amide bonds. The summed E-state index contributed by atoms with van der Waals surface area (Å²) in [4.78, 5) is 16.3. The molecular weight excluding hydrogens is 406 g/mol. The lowest BCUT2D eigenvalue weighted by molar-refractivity contribution is 0.0951. The first kappa shape index (κ1) is 19.3. The van der Waals surface area contributed by atoms with Crippen molar-refractivity contribution in [1.82, 2.24) is 10.3 Å². The molecule has 0 aliphatic rings. The zero-order valence-corrected chi connectivity index (χ0v) is 16.7. The van der Waals surface area contributed by atoms with Gasteiger partial charge in [-0.25, -0.2) is 13.4 Å². The normalized spacial score (nSPS) is 11.2. The molecule has 9 heteroatoms. The smallest absolute Gasteiger partial charge is 0.263 e. The Bertz CT molecular complexity index is 1050. The fourth-order valence-electron chi connectivity index (χ4n) is 2.34. The van der Waals surface area contributed by atoms with Crippen LogP contribution in [0.5, 0.6) is 0 Å². The second-order valence-corrected chi connectivity index (χ2v) is 8.73. The minimum absolute atomic E-state index is 0.0555. The van der Waals surface area contributed by atoms with Gasteiger partial charge in [0, 0.05) is 28.7 Å². The van der Waals surface area contributed by atoms with Crippen LogP contribution in [0, 0.1) is 6.92 Å². The molecule has 3 aromatic rings. The quantitative estimate of drug-likeness (QED) is 0.633. The van der Waals surface area contributed by atoms with E-state index in [0.29, 0.717) is 17.1 Å². The number of aryl methyl sites for hydroxylation is 1. The van der Waals surface area contributed by atoms with Gasteiger partial charge in [-0.3, -0.25) is 9.52 Å². The van der Waals surface area contributed by atoms with Crippen LogP contribution in [0.15, 0.2) is 58.9 Å². The number of anilines is 1. The maximum absolute atomic E-state index is 12.3. The predicted octanol–water partition coefficient (Wildman–Crippen LogP) is 3.84. The number of thiazole rings is 1. The van der Waals surface area contributed by atoms with Crippen molar-refractivity contribution in [3.8, 4) is 0 Å². The molecule has 6 nitrogen and oxygen atoms in total. The van der Waals surface area contributed by atoms with Crippen LogP contribution in [0.1, 0.15) is 21.5 Å². The van der Waals surface area contributed by atoms with Gasteiger partial charge >= 0.3 is 0 Å². The predicted molar refractivity (Wildman–Crippen MR) is 107 cm³/mol. The number of rotatable bonds is 6. The molecule has 3 rings (SSSR count). The standard InChI is InChI=1S/C18H16ClN3O3S2/c1-12-2-5-15(19)10-14(12)11-21-17(23)13-3-6-16(7-4-13)27(24,25)22-18-20-8-9-26-18/h2-10H,11H2,1H3,(H,20,22)(H,21,23). The highest BCUT2D eigenvalue weighted by atomic mass is 35.5. The van der Waals surface area contributed by atoms with E-state index in [2.05, 4.69) is 15.0 Å². The van der Waals surface area contributed by atoms with Gasteiger partial charge in [-0.2, -0.15) is 0 Å². The molecular formula is C18H16ClN3O3S2. The lowest BCUT2D eigenvalue weighted by Gasteiger charge is -2.09. The van der Waals surface area contributed by atoms with Gasteiger partial charge in [-0.1, -0.05) is 17.7 Å². The van der Waals surface area contributed by atoms with Gasteiger partial charge < -0.3 is 5.32 Å². The maximum atomic E-state index is 12.3. The Labute approximate surface area is 166 Å². The fraction of sp³-hybridized carbons (Fsp3) is 0.111. The summed E-state index contributed by atoms with van der Waals surface area (Å²) in [6, 6.07) is 11.2.